The van der Waals surface area contributed by atoms with E-state index in [4.69, 9.17) is 0 Å². The van der Waals surface area contributed by atoms with Crippen LogP contribution in [0.3, 0.4) is 0 Å². The largest absolute Gasteiger partial charge is 0.394 e. The van der Waals surface area contributed by atoms with Crippen molar-refractivity contribution in [3.05, 3.63) is 35.9 Å². The minimum atomic E-state index is -0.180. The van der Waals surface area contributed by atoms with E-state index in [9.17, 15) is 9.90 Å². The monoisotopic (exact) mass is 247 g/mol. The average molecular weight is 247 g/mol. The molecule has 0 heterocycles. The zero-order chi connectivity index (χ0) is 13.0. The number of hydrogen-bond donors (Lipinski definition) is 2. The van der Waals surface area contributed by atoms with Crippen LogP contribution in [0.4, 0.5) is 0 Å². The van der Waals surface area contributed by atoms with Gasteiger partial charge >= 0.3 is 0 Å². The van der Waals surface area contributed by atoms with Gasteiger partial charge in [0, 0.05) is 5.92 Å². The van der Waals surface area contributed by atoms with Crippen LogP contribution >= 0.6 is 0 Å². The van der Waals surface area contributed by atoms with Crippen molar-refractivity contribution < 1.29 is 9.90 Å². The molecule has 0 aromatic heterocycles. The minimum absolute atomic E-state index is 0.0159. The molecule has 1 aromatic carbocycles. The first-order valence-electron chi connectivity index (χ1n) is 6.66. The van der Waals surface area contributed by atoms with Crippen molar-refractivity contribution in [1.82, 2.24) is 5.32 Å². The molecular formula is C15H21NO2. The van der Waals surface area contributed by atoms with Gasteiger partial charge in [0.05, 0.1) is 12.6 Å². The maximum atomic E-state index is 12.0. The van der Waals surface area contributed by atoms with Gasteiger partial charge in [0.15, 0.2) is 0 Å². The van der Waals surface area contributed by atoms with Gasteiger partial charge in [0.25, 0.3) is 0 Å². The summed E-state index contributed by atoms with van der Waals surface area (Å²) < 4.78 is 0. The molecule has 98 valence electrons. The van der Waals surface area contributed by atoms with Crippen LogP contribution in [-0.4, -0.2) is 23.7 Å². The lowest BCUT2D eigenvalue weighted by Gasteiger charge is -2.19. The lowest BCUT2D eigenvalue weighted by Crippen LogP contribution is -2.42. The molecule has 2 N–H and O–H groups in total. The Morgan fingerprint density at radius 1 is 1.39 bits per heavy atom. The maximum absolute atomic E-state index is 12.0. The Kier molecular flexibility index (Phi) is 4.37. The topological polar surface area (TPSA) is 49.3 Å². The Bertz CT molecular complexity index is 387. The Morgan fingerprint density at radius 3 is 2.61 bits per heavy atom. The van der Waals surface area contributed by atoms with Crippen molar-refractivity contribution in [1.29, 1.82) is 0 Å². The quantitative estimate of drug-likeness (QED) is 0.804. The van der Waals surface area contributed by atoms with Gasteiger partial charge in [-0.1, -0.05) is 37.3 Å². The first kappa shape index (κ1) is 13.1. The van der Waals surface area contributed by atoms with Gasteiger partial charge in [-0.25, -0.2) is 0 Å². The van der Waals surface area contributed by atoms with Crippen LogP contribution in [0, 0.1) is 11.8 Å². The van der Waals surface area contributed by atoms with E-state index in [-0.39, 0.29) is 24.5 Å². The number of nitrogens with one attached hydrogen (secondary N) is 1. The second-order valence-electron chi connectivity index (χ2n) is 5.20. The molecule has 3 nitrogen and oxygen atoms in total. The molecule has 18 heavy (non-hydrogen) atoms. The fraction of sp³-hybridized carbons (Fsp3) is 0.533. The fourth-order valence-corrected chi connectivity index (χ4v) is 2.20. The molecule has 3 heteroatoms. The molecule has 0 bridgehead atoms. The van der Waals surface area contributed by atoms with E-state index >= 15 is 0 Å². The molecule has 2 unspecified atom stereocenters. The van der Waals surface area contributed by atoms with Crippen molar-refractivity contribution in [2.24, 2.45) is 11.8 Å². The Labute approximate surface area is 108 Å². The number of aliphatic hydroxyl groups excluding tert-OH is 1. The van der Waals surface area contributed by atoms with Crippen LogP contribution < -0.4 is 5.32 Å². The van der Waals surface area contributed by atoms with Crippen LogP contribution in [-0.2, 0) is 11.2 Å². The average Bonchev–Trinajstić information content (AvgIpc) is 3.22. The summed E-state index contributed by atoms with van der Waals surface area (Å²) in [6.45, 7) is 1.96. The van der Waals surface area contributed by atoms with E-state index in [1.54, 1.807) is 0 Å². The summed E-state index contributed by atoms with van der Waals surface area (Å²) in [5, 5.41) is 12.3. The Balaban J connectivity index is 1.86. The molecule has 1 aliphatic carbocycles. The normalized spacial score (nSPS) is 18.1. The smallest absolute Gasteiger partial charge is 0.223 e. The molecule has 1 amide bonds. The van der Waals surface area contributed by atoms with Gasteiger partial charge in [-0.2, -0.15) is 0 Å². The van der Waals surface area contributed by atoms with Crippen molar-refractivity contribution >= 4 is 5.91 Å². The third-order valence-electron chi connectivity index (χ3n) is 3.63. The molecule has 0 spiro atoms. The van der Waals surface area contributed by atoms with E-state index in [0.29, 0.717) is 12.3 Å². The van der Waals surface area contributed by atoms with Crippen molar-refractivity contribution in [2.75, 3.05) is 6.61 Å². The third-order valence-corrected chi connectivity index (χ3v) is 3.63. The lowest BCUT2D eigenvalue weighted by atomic mass is 10.0. The van der Waals surface area contributed by atoms with Crippen LogP contribution in [0.2, 0.25) is 0 Å². The Hall–Kier alpha value is -1.35. The van der Waals surface area contributed by atoms with Gasteiger partial charge in [-0.3, -0.25) is 4.79 Å². The van der Waals surface area contributed by atoms with E-state index in [2.05, 4.69) is 5.32 Å². The zero-order valence-corrected chi connectivity index (χ0v) is 10.8. The van der Waals surface area contributed by atoms with E-state index in [1.165, 1.54) is 0 Å². The molecule has 1 aliphatic rings. The van der Waals surface area contributed by atoms with Gasteiger partial charge < -0.3 is 10.4 Å². The molecule has 0 aliphatic heterocycles. The molecule has 0 radical (unpaired) electrons. The predicted molar refractivity (Wildman–Crippen MR) is 71.1 cm³/mol. The van der Waals surface area contributed by atoms with Crippen molar-refractivity contribution in [3.63, 3.8) is 0 Å². The van der Waals surface area contributed by atoms with E-state index in [0.717, 1.165) is 18.4 Å². The highest BCUT2D eigenvalue weighted by Gasteiger charge is 2.33. The van der Waals surface area contributed by atoms with Crippen LogP contribution in [0.25, 0.3) is 0 Å². The first-order valence-corrected chi connectivity index (χ1v) is 6.66. The minimum Gasteiger partial charge on any atom is -0.394 e. The van der Waals surface area contributed by atoms with Gasteiger partial charge in [0.1, 0.15) is 0 Å². The van der Waals surface area contributed by atoms with Crippen molar-refractivity contribution in [3.8, 4) is 0 Å². The summed E-state index contributed by atoms with van der Waals surface area (Å²) in [7, 11) is 0. The highest BCUT2D eigenvalue weighted by atomic mass is 16.3. The summed E-state index contributed by atoms with van der Waals surface area (Å²) >= 11 is 0. The molecule has 0 saturated heterocycles. The molecule has 2 atom stereocenters. The molecule has 1 fully saturated rings. The highest BCUT2D eigenvalue weighted by Crippen LogP contribution is 2.36. The molecular weight excluding hydrogens is 226 g/mol. The SMILES string of the molecule is CC(C(=O)NC(CO)Cc1ccccc1)C1CC1. The predicted octanol–water partition coefficient (Wildman–Crippen LogP) is 1.75. The molecule has 2 rings (SSSR count). The number of benzene rings is 1. The van der Waals surface area contributed by atoms with Crippen LogP contribution in [0.15, 0.2) is 30.3 Å². The second-order valence-corrected chi connectivity index (χ2v) is 5.20. The van der Waals surface area contributed by atoms with Crippen LogP contribution in [0.1, 0.15) is 25.3 Å². The number of hydrogen-bond acceptors (Lipinski definition) is 2. The fourth-order valence-electron chi connectivity index (χ4n) is 2.20. The summed E-state index contributed by atoms with van der Waals surface area (Å²) in [5.74, 6) is 0.711. The van der Waals surface area contributed by atoms with Gasteiger partial charge in [-0.15, -0.1) is 0 Å². The van der Waals surface area contributed by atoms with E-state index in [1.807, 2.05) is 37.3 Å². The first-order chi connectivity index (χ1) is 8.70. The highest BCUT2D eigenvalue weighted by molar-refractivity contribution is 5.79. The molecule has 1 aromatic rings. The molecule has 1 saturated carbocycles. The number of rotatable bonds is 6. The van der Waals surface area contributed by atoms with Crippen molar-refractivity contribution in [2.45, 2.75) is 32.2 Å². The third kappa shape index (κ3) is 3.57. The maximum Gasteiger partial charge on any atom is 0.223 e. The number of amides is 1. The van der Waals surface area contributed by atoms with Crippen LogP contribution in [0.5, 0.6) is 0 Å². The number of aliphatic hydroxyl groups is 1. The summed E-state index contributed by atoms with van der Waals surface area (Å²) in [5.41, 5.74) is 1.14. The number of carbonyl (C=O) groups is 1. The summed E-state index contributed by atoms with van der Waals surface area (Å²) in [4.78, 5) is 12.0. The standard InChI is InChI=1S/C15H21NO2/c1-11(13-7-8-13)15(18)16-14(10-17)9-12-5-3-2-4-6-12/h2-6,11,13-14,17H,7-10H2,1H3,(H,16,18). The van der Waals surface area contributed by atoms with Gasteiger partial charge in [0.2, 0.25) is 5.91 Å². The Morgan fingerprint density at radius 2 is 2.06 bits per heavy atom. The summed E-state index contributed by atoms with van der Waals surface area (Å²) in [6, 6.07) is 9.75. The lowest BCUT2D eigenvalue weighted by molar-refractivity contribution is -0.126. The number of carbonyl (C=O) groups excluding carboxylic acids is 1. The van der Waals surface area contributed by atoms with Gasteiger partial charge in [-0.05, 0) is 30.7 Å². The zero-order valence-electron chi connectivity index (χ0n) is 10.8. The van der Waals surface area contributed by atoms with E-state index < -0.39 is 0 Å². The summed E-state index contributed by atoms with van der Waals surface area (Å²) in [6.07, 6.45) is 3.01. The second kappa shape index (κ2) is 6.01.